The molecule has 0 unspecified atom stereocenters. The zero-order valence-electron chi connectivity index (χ0n) is 16.9. The van der Waals surface area contributed by atoms with Crippen LogP contribution in [0.1, 0.15) is 31.3 Å². The Labute approximate surface area is 166 Å². The van der Waals surface area contributed by atoms with Crippen molar-refractivity contribution in [2.75, 3.05) is 39.4 Å². The number of nitrogens with zero attached hydrogens (tertiary/aromatic N) is 2. The van der Waals surface area contributed by atoms with E-state index in [9.17, 15) is 9.59 Å². The molecule has 2 N–H and O–H groups in total. The number of carbonyl (C=O) groups is 2. The largest absolute Gasteiger partial charge is 0.380 e. The maximum atomic E-state index is 12.8. The lowest BCUT2D eigenvalue weighted by molar-refractivity contribution is 0.0649. The predicted octanol–water partition coefficient (Wildman–Crippen LogP) is 2.70. The van der Waals surface area contributed by atoms with Crippen molar-refractivity contribution in [2.45, 2.75) is 26.8 Å². The molecule has 1 aliphatic rings. The van der Waals surface area contributed by atoms with Crippen molar-refractivity contribution in [3.63, 3.8) is 0 Å². The maximum absolute atomic E-state index is 12.8. The van der Waals surface area contributed by atoms with E-state index in [4.69, 9.17) is 4.74 Å². The summed E-state index contributed by atoms with van der Waals surface area (Å²) in [5, 5.41) is 4.09. The summed E-state index contributed by atoms with van der Waals surface area (Å²) in [7, 11) is 0. The Morgan fingerprint density at radius 1 is 1.14 bits per heavy atom. The summed E-state index contributed by atoms with van der Waals surface area (Å²) in [5.74, 6) is 0.271. The van der Waals surface area contributed by atoms with Crippen LogP contribution in [0.5, 0.6) is 0 Å². The van der Waals surface area contributed by atoms with Crippen molar-refractivity contribution in [3.8, 4) is 0 Å². The fraction of sp³-hybridized carbons (Fsp3) is 0.524. The van der Waals surface area contributed by atoms with Crippen LogP contribution in [0.25, 0.3) is 10.9 Å². The molecule has 7 heteroatoms. The number of urea groups is 1. The van der Waals surface area contributed by atoms with E-state index in [1.807, 2.05) is 37.3 Å². The minimum absolute atomic E-state index is 0.0153. The number of para-hydroxylation sites is 1. The predicted molar refractivity (Wildman–Crippen MR) is 109 cm³/mol. The molecular weight excluding hydrogens is 356 g/mol. The molecule has 0 bridgehead atoms. The van der Waals surface area contributed by atoms with E-state index in [1.54, 1.807) is 9.80 Å². The summed E-state index contributed by atoms with van der Waals surface area (Å²) < 4.78 is 5.48. The Bertz CT molecular complexity index is 776. The summed E-state index contributed by atoms with van der Waals surface area (Å²) in [5.41, 5.74) is 1.55. The first-order chi connectivity index (χ1) is 13.5. The van der Waals surface area contributed by atoms with Gasteiger partial charge >= 0.3 is 6.03 Å². The van der Waals surface area contributed by atoms with E-state index in [1.165, 1.54) is 0 Å². The van der Waals surface area contributed by atoms with Gasteiger partial charge in [0.1, 0.15) is 5.69 Å². The lowest BCUT2D eigenvalue weighted by Crippen LogP contribution is -2.55. The number of H-pyrrole nitrogens is 1. The second-order valence-corrected chi connectivity index (χ2v) is 7.51. The van der Waals surface area contributed by atoms with Gasteiger partial charge in [0.05, 0.1) is 12.6 Å². The molecule has 1 aliphatic heterocycles. The lowest BCUT2D eigenvalue weighted by atomic mass is 10.1. The second kappa shape index (κ2) is 9.10. The van der Waals surface area contributed by atoms with Crippen LogP contribution in [0, 0.1) is 5.92 Å². The van der Waals surface area contributed by atoms with Crippen LogP contribution in [0.4, 0.5) is 4.79 Å². The number of hydrogen-bond donors (Lipinski definition) is 2. The number of piperazine rings is 1. The van der Waals surface area contributed by atoms with E-state index in [0.29, 0.717) is 51.0 Å². The second-order valence-electron chi connectivity index (χ2n) is 7.51. The molecule has 0 saturated carbocycles. The van der Waals surface area contributed by atoms with Crippen LogP contribution in [-0.4, -0.2) is 72.2 Å². The molecule has 0 spiro atoms. The van der Waals surface area contributed by atoms with Crippen LogP contribution in [0.2, 0.25) is 0 Å². The summed E-state index contributed by atoms with van der Waals surface area (Å²) in [6.45, 7) is 9.34. The molecule has 2 aromatic rings. The van der Waals surface area contributed by atoms with Crippen molar-refractivity contribution in [2.24, 2.45) is 5.92 Å². The quantitative estimate of drug-likeness (QED) is 0.801. The van der Waals surface area contributed by atoms with E-state index >= 15 is 0 Å². The third kappa shape index (κ3) is 4.65. The van der Waals surface area contributed by atoms with Crippen molar-refractivity contribution in [3.05, 3.63) is 36.0 Å². The molecule has 7 nitrogen and oxygen atoms in total. The number of benzene rings is 1. The van der Waals surface area contributed by atoms with Gasteiger partial charge in [0.25, 0.3) is 5.91 Å². The molecule has 1 atom stereocenters. The number of rotatable bonds is 6. The standard InChI is InChI=1S/C21H30N4O3/c1-4-28-14-19(15(2)3)23-21(27)25-11-9-24(10-12-25)20(26)18-13-16-7-5-6-8-17(16)22-18/h5-8,13,15,19,22H,4,9-12,14H2,1-3H3,(H,23,27)/t19-/m0/s1. The molecule has 0 aliphatic carbocycles. The van der Waals surface area contributed by atoms with Crippen LogP contribution in [0.15, 0.2) is 30.3 Å². The molecule has 1 saturated heterocycles. The average molecular weight is 386 g/mol. The van der Waals surface area contributed by atoms with E-state index in [0.717, 1.165) is 10.9 Å². The third-order valence-corrected chi connectivity index (χ3v) is 5.23. The average Bonchev–Trinajstić information content (AvgIpc) is 3.14. The maximum Gasteiger partial charge on any atom is 0.317 e. The van der Waals surface area contributed by atoms with Crippen LogP contribution in [-0.2, 0) is 4.74 Å². The van der Waals surface area contributed by atoms with Crippen LogP contribution in [0.3, 0.4) is 0 Å². The number of nitrogens with one attached hydrogen (secondary N) is 2. The highest BCUT2D eigenvalue weighted by molar-refractivity contribution is 5.98. The molecular formula is C21H30N4O3. The summed E-state index contributed by atoms with van der Waals surface area (Å²) >= 11 is 0. The first-order valence-corrected chi connectivity index (χ1v) is 9.99. The van der Waals surface area contributed by atoms with Crippen molar-refractivity contribution in [1.29, 1.82) is 0 Å². The monoisotopic (exact) mass is 386 g/mol. The van der Waals surface area contributed by atoms with Gasteiger partial charge in [-0.3, -0.25) is 4.79 Å². The smallest absolute Gasteiger partial charge is 0.317 e. The summed E-state index contributed by atoms with van der Waals surface area (Å²) in [4.78, 5) is 32.1. The first-order valence-electron chi connectivity index (χ1n) is 9.99. The van der Waals surface area contributed by atoms with Gasteiger partial charge in [-0.2, -0.15) is 0 Å². The highest BCUT2D eigenvalue weighted by Crippen LogP contribution is 2.17. The van der Waals surface area contributed by atoms with Crippen LogP contribution >= 0.6 is 0 Å². The Balaban J connectivity index is 1.54. The molecule has 3 rings (SSSR count). The van der Waals surface area contributed by atoms with Crippen molar-refractivity contribution in [1.82, 2.24) is 20.1 Å². The number of fused-ring (bicyclic) bond motifs is 1. The number of hydrogen-bond acceptors (Lipinski definition) is 3. The van der Waals surface area contributed by atoms with Gasteiger partial charge in [0.2, 0.25) is 0 Å². The van der Waals surface area contributed by atoms with Crippen molar-refractivity contribution < 1.29 is 14.3 Å². The summed E-state index contributed by atoms with van der Waals surface area (Å²) in [6.07, 6.45) is 0. The highest BCUT2D eigenvalue weighted by Gasteiger charge is 2.27. The number of amides is 3. The van der Waals surface area contributed by atoms with Gasteiger partial charge in [-0.15, -0.1) is 0 Å². The Morgan fingerprint density at radius 2 is 1.82 bits per heavy atom. The Morgan fingerprint density at radius 3 is 2.46 bits per heavy atom. The molecule has 152 valence electrons. The summed E-state index contributed by atoms with van der Waals surface area (Å²) in [6, 6.07) is 9.63. The number of aromatic nitrogens is 1. The zero-order valence-corrected chi connectivity index (χ0v) is 16.9. The molecule has 3 amide bonds. The molecule has 1 fully saturated rings. The molecule has 1 aromatic heterocycles. The zero-order chi connectivity index (χ0) is 20.1. The fourth-order valence-corrected chi connectivity index (χ4v) is 3.37. The van der Waals surface area contributed by atoms with Crippen molar-refractivity contribution >= 4 is 22.8 Å². The SMILES string of the molecule is CCOC[C@H](NC(=O)N1CCN(C(=O)c2cc3ccccc3[nH]2)CC1)C(C)C. The Kier molecular flexibility index (Phi) is 6.57. The Hall–Kier alpha value is -2.54. The number of ether oxygens (including phenoxy) is 1. The van der Waals surface area contributed by atoms with Gasteiger partial charge in [-0.1, -0.05) is 32.0 Å². The van der Waals surface area contributed by atoms with Gasteiger partial charge in [-0.25, -0.2) is 4.79 Å². The fourth-order valence-electron chi connectivity index (χ4n) is 3.37. The minimum Gasteiger partial charge on any atom is -0.380 e. The van der Waals surface area contributed by atoms with E-state index in [2.05, 4.69) is 24.1 Å². The molecule has 0 radical (unpaired) electrons. The minimum atomic E-state index is -0.0869. The highest BCUT2D eigenvalue weighted by atomic mass is 16.5. The third-order valence-electron chi connectivity index (χ3n) is 5.23. The van der Waals surface area contributed by atoms with Gasteiger partial charge < -0.3 is 24.8 Å². The van der Waals surface area contributed by atoms with Gasteiger partial charge in [0, 0.05) is 43.7 Å². The van der Waals surface area contributed by atoms with Crippen LogP contribution < -0.4 is 5.32 Å². The first kappa shape index (κ1) is 20.2. The molecule has 1 aromatic carbocycles. The number of aromatic amines is 1. The molecule has 28 heavy (non-hydrogen) atoms. The topological polar surface area (TPSA) is 77.7 Å². The van der Waals surface area contributed by atoms with E-state index in [-0.39, 0.29) is 18.0 Å². The number of carbonyl (C=O) groups excluding carboxylic acids is 2. The normalized spacial score (nSPS) is 15.9. The van der Waals surface area contributed by atoms with Gasteiger partial charge in [0.15, 0.2) is 0 Å². The lowest BCUT2D eigenvalue weighted by Gasteiger charge is -2.35. The van der Waals surface area contributed by atoms with E-state index < -0.39 is 0 Å². The van der Waals surface area contributed by atoms with Gasteiger partial charge in [-0.05, 0) is 25.0 Å². The molecule has 2 heterocycles.